The van der Waals surface area contributed by atoms with E-state index >= 15 is 0 Å². The molecule has 3 rings (SSSR count). The maximum absolute atomic E-state index is 12.7. The minimum Gasteiger partial charge on any atom is -0.489 e. The monoisotopic (exact) mass is 464 g/mol. The van der Waals surface area contributed by atoms with E-state index in [1.807, 2.05) is 11.0 Å². The number of pyridine rings is 1. The van der Waals surface area contributed by atoms with Crippen LogP contribution in [0.5, 0.6) is 5.75 Å². The topological polar surface area (TPSA) is 66.0 Å². The lowest BCUT2D eigenvalue weighted by atomic mass is 9.99. The smallest absolute Gasteiger partial charge is 0.245 e. The molecule has 1 saturated heterocycles. The Morgan fingerprint density at radius 1 is 1.29 bits per heavy atom. The van der Waals surface area contributed by atoms with E-state index in [2.05, 4.69) is 55.4 Å². The molecule has 34 heavy (non-hydrogen) atoms. The van der Waals surface area contributed by atoms with Gasteiger partial charge in [-0.3, -0.25) is 19.5 Å². The Morgan fingerprint density at radius 3 is 2.76 bits per heavy atom. The van der Waals surface area contributed by atoms with Crippen LogP contribution < -0.4 is 4.74 Å². The molecule has 7 nitrogen and oxygen atoms in total. The van der Waals surface area contributed by atoms with E-state index in [9.17, 15) is 9.59 Å². The van der Waals surface area contributed by atoms with Gasteiger partial charge in [0, 0.05) is 45.0 Å². The normalized spacial score (nSPS) is 14.4. The quantitative estimate of drug-likeness (QED) is 0.505. The van der Waals surface area contributed by atoms with Crippen molar-refractivity contribution in [3.8, 4) is 16.9 Å². The third kappa shape index (κ3) is 6.67. The van der Waals surface area contributed by atoms with Gasteiger partial charge in [-0.1, -0.05) is 38.6 Å². The largest absolute Gasteiger partial charge is 0.489 e. The minimum atomic E-state index is -0.138. The average molecular weight is 465 g/mol. The van der Waals surface area contributed by atoms with Crippen LogP contribution >= 0.6 is 0 Å². The Morgan fingerprint density at radius 2 is 2.09 bits per heavy atom. The summed E-state index contributed by atoms with van der Waals surface area (Å²) in [6.07, 6.45) is 4.73. The van der Waals surface area contributed by atoms with E-state index in [1.165, 1.54) is 6.08 Å². The first-order chi connectivity index (χ1) is 16.3. The van der Waals surface area contributed by atoms with Gasteiger partial charge in [-0.2, -0.15) is 0 Å². The maximum atomic E-state index is 12.7. The first kappa shape index (κ1) is 25.4. The van der Waals surface area contributed by atoms with Crippen LogP contribution in [0.2, 0.25) is 0 Å². The Hall–Kier alpha value is -3.19. The lowest BCUT2D eigenvalue weighted by molar-refractivity contribution is -0.136. The highest BCUT2D eigenvalue weighted by molar-refractivity contribution is 5.86. The minimum absolute atomic E-state index is 0.138. The van der Waals surface area contributed by atoms with Crippen molar-refractivity contribution >= 4 is 11.8 Å². The second-order valence-electron chi connectivity index (χ2n) is 9.27. The molecule has 0 radical (unpaired) electrons. The fourth-order valence-corrected chi connectivity index (χ4v) is 4.14. The predicted molar refractivity (Wildman–Crippen MR) is 134 cm³/mol. The number of rotatable bonds is 10. The number of carbonyl (C=O) groups excluding carboxylic acids is 2. The van der Waals surface area contributed by atoms with Crippen molar-refractivity contribution in [3.63, 3.8) is 0 Å². The summed E-state index contributed by atoms with van der Waals surface area (Å²) in [5, 5.41) is 0. The van der Waals surface area contributed by atoms with Crippen LogP contribution in [0.1, 0.15) is 25.0 Å². The number of ether oxygens (including phenoxy) is 1. The molecule has 0 aliphatic carbocycles. The molecule has 7 heteroatoms. The molecule has 0 saturated carbocycles. The second kappa shape index (κ2) is 11.8. The van der Waals surface area contributed by atoms with E-state index < -0.39 is 0 Å². The summed E-state index contributed by atoms with van der Waals surface area (Å²) in [6.45, 7) is 14.5. The number of aromatic nitrogens is 1. The summed E-state index contributed by atoms with van der Waals surface area (Å²) in [5.41, 5.74) is 4.26. The van der Waals surface area contributed by atoms with Gasteiger partial charge in [-0.25, -0.2) is 0 Å². The lowest BCUT2D eigenvalue weighted by Gasteiger charge is -2.35. The summed E-state index contributed by atoms with van der Waals surface area (Å²) in [7, 11) is 1.72. The summed E-state index contributed by atoms with van der Waals surface area (Å²) in [4.78, 5) is 34.3. The maximum Gasteiger partial charge on any atom is 0.245 e. The molecule has 2 amide bonds. The van der Waals surface area contributed by atoms with Crippen LogP contribution in [-0.4, -0.2) is 77.9 Å². The van der Waals surface area contributed by atoms with Gasteiger partial charge in [-0.15, -0.1) is 0 Å². The van der Waals surface area contributed by atoms with Crippen LogP contribution in [0.3, 0.4) is 0 Å². The second-order valence-corrected chi connectivity index (χ2v) is 9.27. The van der Waals surface area contributed by atoms with Gasteiger partial charge in [-0.05, 0) is 41.7 Å². The molecule has 0 spiro atoms. The van der Waals surface area contributed by atoms with Crippen molar-refractivity contribution in [1.82, 2.24) is 19.7 Å². The summed E-state index contributed by atoms with van der Waals surface area (Å²) < 4.78 is 5.95. The summed E-state index contributed by atoms with van der Waals surface area (Å²) >= 11 is 0. The molecule has 0 unspecified atom stereocenters. The molecule has 2 heterocycles. The van der Waals surface area contributed by atoms with Crippen molar-refractivity contribution in [3.05, 3.63) is 60.4 Å². The predicted octanol–water partition coefficient (Wildman–Crippen LogP) is 3.38. The standard InChI is InChI=1S/C27H36N4O3/c1-6-26(32)29(5)13-14-34-25-16-28-10-9-24(25)22-7-8-23(21(4)15-22)18-31-12-11-30(17-20(2)3)19-27(31)33/h6-10,15-16,20H,1,11-14,17-19H2,2-5H3. The van der Waals surface area contributed by atoms with Gasteiger partial charge in [0.05, 0.1) is 19.3 Å². The highest BCUT2D eigenvalue weighted by atomic mass is 16.5. The van der Waals surface area contributed by atoms with E-state index in [1.54, 1.807) is 24.3 Å². The molecule has 2 aromatic rings. The molecule has 0 bridgehead atoms. The highest BCUT2D eigenvalue weighted by Crippen LogP contribution is 2.30. The zero-order chi connectivity index (χ0) is 24.7. The zero-order valence-corrected chi connectivity index (χ0v) is 20.8. The number of aryl methyl sites for hydroxylation is 1. The fraction of sp³-hybridized carbons (Fsp3) is 0.444. The van der Waals surface area contributed by atoms with Crippen molar-refractivity contribution < 1.29 is 14.3 Å². The van der Waals surface area contributed by atoms with Crippen LogP contribution in [-0.2, 0) is 16.1 Å². The lowest BCUT2D eigenvalue weighted by Crippen LogP contribution is -2.50. The van der Waals surface area contributed by atoms with Crippen LogP contribution in [0.15, 0.2) is 49.3 Å². The third-order valence-corrected chi connectivity index (χ3v) is 6.06. The summed E-state index contributed by atoms with van der Waals surface area (Å²) in [6, 6.07) is 8.22. The van der Waals surface area contributed by atoms with Crippen molar-refractivity contribution in [2.45, 2.75) is 27.3 Å². The molecular weight excluding hydrogens is 428 g/mol. The molecule has 0 atom stereocenters. The number of piperazine rings is 1. The Balaban J connectivity index is 1.66. The number of likely N-dealkylation sites (N-methyl/N-ethyl adjacent to an activating group) is 1. The van der Waals surface area contributed by atoms with E-state index in [-0.39, 0.29) is 11.8 Å². The molecule has 1 aromatic carbocycles. The Labute approximate surface area is 203 Å². The first-order valence-corrected chi connectivity index (χ1v) is 11.8. The number of hydrogen-bond donors (Lipinski definition) is 0. The number of amides is 2. The van der Waals surface area contributed by atoms with Gasteiger partial charge in [0.15, 0.2) is 0 Å². The van der Waals surface area contributed by atoms with Crippen molar-refractivity contribution in [2.24, 2.45) is 5.92 Å². The van der Waals surface area contributed by atoms with Gasteiger partial charge < -0.3 is 14.5 Å². The molecule has 1 fully saturated rings. The van der Waals surface area contributed by atoms with Gasteiger partial charge in [0.25, 0.3) is 0 Å². The zero-order valence-electron chi connectivity index (χ0n) is 20.8. The molecule has 1 aliphatic rings. The summed E-state index contributed by atoms with van der Waals surface area (Å²) in [5.74, 6) is 1.29. The molecule has 1 aromatic heterocycles. The molecule has 1 aliphatic heterocycles. The first-order valence-electron chi connectivity index (χ1n) is 11.8. The number of nitrogens with zero attached hydrogens (tertiary/aromatic N) is 4. The van der Waals surface area contributed by atoms with Gasteiger partial charge in [0.1, 0.15) is 12.4 Å². The Bertz CT molecular complexity index is 1020. The van der Waals surface area contributed by atoms with E-state index in [0.717, 1.165) is 41.9 Å². The van der Waals surface area contributed by atoms with Crippen molar-refractivity contribution in [1.29, 1.82) is 0 Å². The highest BCUT2D eigenvalue weighted by Gasteiger charge is 2.24. The molecular formula is C27H36N4O3. The Kier molecular flexibility index (Phi) is 8.82. The van der Waals surface area contributed by atoms with E-state index in [0.29, 0.717) is 37.9 Å². The number of benzene rings is 1. The SMILES string of the molecule is C=CC(=O)N(C)CCOc1cnccc1-c1ccc(CN2CCN(CC(C)C)CC2=O)c(C)c1. The van der Waals surface area contributed by atoms with Crippen LogP contribution in [0, 0.1) is 12.8 Å². The fourth-order valence-electron chi connectivity index (χ4n) is 4.14. The average Bonchev–Trinajstić information content (AvgIpc) is 2.81. The van der Waals surface area contributed by atoms with Crippen LogP contribution in [0.25, 0.3) is 11.1 Å². The molecule has 0 N–H and O–H groups in total. The number of carbonyl (C=O) groups is 2. The number of hydrogen-bond acceptors (Lipinski definition) is 5. The van der Waals surface area contributed by atoms with Crippen LogP contribution in [0.4, 0.5) is 0 Å². The molecule has 182 valence electrons. The van der Waals surface area contributed by atoms with Gasteiger partial charge in [0.2, 0.25) is 11.8 Å². The third-order valence-electron chi connectivity index (χ3n) is 6.06. The van der Waals surface area contributed by atoms with Crippen molar-refractivity contribution in [2.75, 3.05) is 46.4 Å². The van der Waals surface area contributed by atoms with Gasteiger partial charge >= 0.3 is 0 Å². The van der Waals surface area contributed by atoms with E-state index in [4.69, 9.17) is 4.74 Å².